The smallest absolute Gasteiger partial charge is 0.272 e. The van der Waals surface area contributed by atoms with Crippen LogP contribution in [-0.4, -0.2) is 31.9 Å². The third-order valence-electron chi connectivity index (χ3n) is 4.25. The zero-order valence-electron chi connectivity index (χ0n) is 13.2. The highest BCUT2D eigenvalue weighted by Gasteiger charge is 2.28. The predicted octanol–water partition coefficient (Wildman–Crippen LogP) is 1.56. The lowest BCUT2D eigenvalue weighted by molar-refractivity contribution is 0.0931. The molecule has 7 heteroatoms. The second-order valence-corrected chi connectivity index (χ2v) is 6.06. The third-order valence-corrected chi connectivity index (χ3v) is 4.25. The van der Waals surface area contributed by atoms with Gasteiger partial charge in [-0.25, -0.2) is 0 Å². The van der Waals surface area contributed by atoms with Crippen molar-refractivity contribution in [3.8, 4) is 0 Å². The van der Waals surface area contributed by atoms with Crippen LogP contribution >= 0.6 is 0 Å². The molecule has 2 atom stereocenters. The van der Waals surface area contributed by atoms with Gasteiger partial charge in [-0.1, -0.05) is 0 Å². The Labute approximate surface area is 129 Å². The fourth-order valence-electron chi connectivity index (χ4n) is 2.99. The lowest BCUT2D eigenvalue weighted by atomic mass is 10.0. The molecular formula is C15H21N5O2. The standard InChI is InChI=1S/C15H21N5O2/c1-9-6-13(19-20(9)3)15(21)16-12-5-4-11(7-12)8-14-18-17-10(2)22-14/h6,11-12H,4-5,7-8H2,1-3H3,(H,16,21)/t11-,12+/m1/s1. The van der Waals surface area contributed by atoms with E-state index in [1.54, 1.807) is 11.6 Å². The van der Waals surface area contributed by atoms with E-state index < -0.39 is 0 Å². The lowest BCUT2D eigenvalue weighted by Gasteiger charge is -2.11. The molecule has 3 rings (SSSR count). The van der Waals surface area contributed by atoms with E-state index >= 15 is 0 Å². The number of amides is 1. The lowest BCUT2D eigenvalue weighted by Crippen LogP contribution is -2.33. The maximum absolute atomic E-state index is 12.2. The van der Waals surface area contributed by atoms with Gasteiger partial charge in [-0.3, -0.25) is 9.48 Å². The van der Waals surface area contributed by atoms with Crippen molar-refractivity contribution in [3.05, 3.63) is 29.2 Å². The number of nitrogens with zero attached hydrogens (tertiary/aromatic N) is 4. The van der Waals surface area contributed by atoms with E-state index in [2.05, 4.69) is 20.6 Å². The molecule has 1 fully saturated rings. The van der Waals surface area contributed by atoms with Crippen LogP contribution < -0.4 is 5.32 Å². The van der Waals surface area contributed by atoms with Crippen LogP contribution in [0.25, 0.3) is 0 Å². The van der Waals surface area contributed by atoms with Crippen LogP contribution in [0.3, 0.4) is 0 Å². The Kier molecular flexibility index (Phi) is 3.96. The molecule has 1 amide bonds. The second-order valence-electron chi connectivity index (χ2n) is 6.06. The Balaban J connectivity index is 1.53. The van der Waals surface area contributed by atoms with Crippen molar-refractivity contribution >= 4 is 5.91 Å². The topological polar surface area (TPSA) is 85.8 Å². The van der Waals surface area contributed by atoms with Gasteiger partial charge in [-0.2, -0.15) is 5.10 Å². The van der Waals surface area contributed by atoms with E-state index in [0.29, 0.717) is 23.4 Å². The van der Waals surface area contributed by atoms with Crippen LogP contribution in [0, 0.1) is 19.8 Å². The number of aryl methyl sites for hydroxylation is 3. The van der Waals surface area contributed by atoms with Gasteiger partial charge in [0.05, 0.1) is 0 Å². The Morgan fingerprint density at radius 1 is 1.41 bits per heavy atom. The molecule has 0 aromatic carbocycles. The summed E-state index contributed by atoms with van der Waals surface area (Å²) >= 11 is 0. The minimum absolute atomic E-state index is 0.0945. The molecule has 22 heavy (non-hydrogen) atoms. The van der Waals surface area contributed by atoms with Crippen molar-refractivity contribution in [2.24, 2.45) is 13.0 Å². The minimum Gasteiger partial charge on any atom is -0.426 e. The molecule has 0 aliphatic heterocycles. The molecule has 2 aromatic heterocycles. The summed E-state index contributed by atoms with van der Waals surface area (Å²) in [5.41, 5.74) is 1.46. The summed E-state index contributed by atoms with van der Waals surface area (Å²) < 4.78 is 7.14. The molecule has 0 radical (unpaired) electrons. The molecule has 1 aliphatic rings. The summed E-state index contributed by atoms with van der Waals surface area (Å²) in [5.74, 6) is 1.68. The molecule has 0 saturated heterocycles. The van der Waals surface area contributed by atoms with Crippen LogP contribution in [0.2, 0.25) is 0 Å². The fourth-order valence-corrected chi connectivity index (χ4v) is 2.99. The number of hydrogen-bond acceptors (Lipinski definition) is 5. The normalized spacial score (nSPS) is 21.2. The van der Waals surface area contributed by atoms with Gasteiger partial charge < -0.3 is 9.73 Å². The summed E-state index contributed by atoms with van der Waals surface area (Å²) in [6.07, 6.45) is 3.78. The third kappa shape index (κ3) is 3.18. The highest BCUT2D eigenvalue weighted by Crippen LogP contribution is 2.28. The zero-order valence-corrected chi connectivity index (χ0v) is 13.2. The van der Waals surface area contributed by atoms with E-state index in [4.69, 9.17) is 4.42 Å². The Morgan fingerprint density at radius 2 is 2.23 bits per heavy atom. The summed E-state index contributed by atoms with van der Waals surface area (Å²) in [7, 11) is 1.84. The molecular weight excluding hydrogens is 282 g/mol. The molecule has 7 nitrogen and oxygen atoms in total. The van der Waals surface area contributed by atoms with Gasteiger partial charge in [0.15, 0.2) is 0 Å². The van der Waals surface area contributed by atoms with E-state index in [1.807, 2.05) is 20.0 Å². The van der Waals surface area contributed by atoms with Gasteiger partial charge in [0.25, 0.3) is 5.91 Å². The SMILES string of the molecule is Cc1nnc(C[C@@H]2CC[C@H](NC(=O)c3cc(C)n(C)n3)C2)o1. The van der Waals surface area contributed by atoms with Gasteiger partial charge in [-0.15, -0.1) is 10.2 Å². The highest BCUT2D eigenvalue weighted by atomic mass is 16.4. The summed E-state index contributed by atoms with van der Waals surface area (Å²) in [5, 5.41) is 15.2. The van der Waals surface area contributed by atoms with Crippen molar-refractivity contribution < 1.29 is 9.21 Å². The van der Waals surface area contributed by atoms with Crippen molar-refractivity contribution in [1.29, 1.82) is 0 Å². The number of carbonyl (C=O) groups excluding carboxylic acids is 1. The number of nitrogens with one attached hydrogen (secondary N) is 1. The minimum atomic E-state index is -0.0945. The van der Waals surface area contributed by atoms with Crippen molar-refractivity contribution in [3.63, 3.8) is 0 Å². The fraction of sp³-hybridized carbons (Fsp3) is 0.600. The first kappa shape index (κ1) is 14.7. The Hall–Kier alpha value is -2.18. The summed E-state index contributed by atoms with van der Waals surface area (Å²) in [6, 6.07) is 2.01. The maximum Gasteiger partial charge on any atom is 0.272 e. The summed E-state index contributed by atoms with van der Waals surface area (Å²) in [6.45, 7) is 3.73. The highest BCUT2D eigenvalue weighted by molar-refractivity contribution is 5.92. The average Bonchev–Trinajstić information content (AvgIpc) is 3.14. The van der Waals surface area contributed by atoms with Gasteiger partial charge in [0, 0.05) is 32.1 Å². The second kappa shape index (κ2) is 5.90. The first-order valence-electron chi connectivity index (χ1n) is 7.61. The van der Waals surface area contributed by atoms with E-state index in [9.17, 15) is 4.79 Å². The van der Waals surface area contributed by atoms with Crippen LogP contribution in [0.5, 0.6) is 0 Å². The number of carbonyl (C=O) groups is 1. The maximum atomic E-state index is 12.2. The van der Waals surface area contributed by atoms with Crippen LogP contribution in [0.1, 0.15) is 47.2 Å². The molecule has 2 heterocycles. The Morgan fingerprint density at radius 3 is 2.86 bits per heavy atom. The summed E-state index contributed by atoms with van der Waals surface area (Å²) in [4.78, 5) is 12.2. The quantitative estimate of drug-likeness (QED) is 0.926. The molecule has 1 aliphatic carbocycles. The Bertz CT molecular complexity index is 656. The molecule has 1 saturated carbocycles. The van der Waals surface area contributed by atoms with E-state index in [1.165, 1.54) is 0 Å². The van der Waals surface area contributed by atoms with Crippen LogP contribution in [0.15, 0.2) is 10.5 Å². The number of hydrogen-bond donors (Lipinski definition) is 1. The predicted molar refractivity (Wildman–Crippen MR) is 79.3 cm³/mol. The van der Waals surface area contributed by atoms with Crippen LogP contribution in [0.4, 0.5) is 0 Å². The first-order valence-corrected chi connectivity index (χ1v) is 7.61. The van der Waals surface area contributed by atoms with Gasteiger partial charge in [0.1, 0.15) is 5.69 Å². The number of aromatic nitrogens is 4. The average molecular weight is 303 g/mol. The largest absolute Gasteiger partial charge is 0.426 e. The van der Waals surface area contributed by atoms with Crippen molar-refractivity contribution in [2.75, 3.05) is 0 Å². The molecule has 1 N–H and O–H groups in total. The van der Waals surface area contributed by atoms with E-state index in [-0.39, 0.29) is 11.9 Å². The zero-order chi connectivity index (χ0) is 15.7. The van der Waals surface area contributed by atoms with Crippen molar-refractivity contribution in [2.45, 2.75) is 45.6 Å². The monoisotopic (exact) mass is 303 g/mol. The van der Waals surface area contributed by atoms with Crippen molar-refractivity contribution in [1.82, 2.24) is 25.3 Å². The molecule has 118 valence electrons. The van der Waals surface area contributed by atoms with E-state index in [0.717, 1.165) is 31.4 Å². The van der Waals surface area contributed by atoms with Gasteiger partial charge >= 0.3 is 0 Å². The van der Waals surface area contributed by atoms with Gasteiger partial charge in [0.2, 0.25) is 11.8 Å². The molecule has 0 spiro atoms. The molecule has 0 bridgehead atoms. The first-order chi connectivity index (χ1) is 10.5. The van der Waals surface area contributed by atoms with Gasteiger partial charge in [-0.05, 0) is 38.2 Å². The molecule has 2 aromatic rings. The number of rotatable bonds is 4. The molecule has 0 unspecified atom stereocenters. The van der Waals surface area contributed by atoms with Crippen LogP contribution in [-0.2, 0) is 13.5 Å².